The molecule has 1 atom stereocenters. The molecule has 1 unspecified atom stereocenters. The summed E-state index contributed by atoms with van der Waals surface area (Å²) in [4.78, 5) is 2.74. The fourth-order valence-corrected chi connectivity index (χ4v) is 3.12. The predicted molar refractivity (Wildman–Crippen MR) is 90.4 cm³/mol. The van der Waals surface area contributed by atoms with Crippen LogP contribution in [0.2, 0.25) is 0 Å². The third-order valence-corrected chi connectivity index (χ3v) is 4.25. The summed E-state index contributed by atoms with van der Waals surface area (Å²) in [5.74, 6) is 0. The van der Waals surface area contributed by atoms with Gasteiger partial charge in [0.2, 0.25) is 0 Å². The fourth-order valence-electron chi connectivity index (χ4n) is 3.12. The molecule has 0 aliphatic carbocycles. The van der Waals surface area contributed by atoms with Crippen molar-refractivity contribution in [1.29, 1.82) is 0 Å². The second kappa shape index (κ2) is 9.99. The number of hydrogen-bond acceptors (Lipinski definition) is 1. The Kier molecular flexibility index (Phi) is 8.60. The molecule has 0 N–H and O–H groups in total. The van der Waals surface area contributed by atoms with Gasteiger partial charge in [-0.15, -0.1) is 0 Å². The van der Waals surface area contributed by atoms with Crippen LogP contribution < -0.4 is 0 Å². The standard InChI is InChI=1S/C17H27N.C2H6/c1-3-9-17(18-12-7-4-8-13-18)14-16-11-6-5-10-15(16)2;1-2/h5-6,10-11,17H,3-4,7-9,12-14H2,1-2H3;1-2H3. The highest BCUT2D eigenvalue weighted by Gasteiger charge is 2.20. The maximum absolute atomic E-state index is 2.74. The van der Waals surface area contributed by atoms with Gasteiger partial charge >= 0.3 is 0 Å². The van der Waals surface area contributed by atoms with Gasteiger partial charge in [-0.3, -0.25) is 0 Å². The van der Waals surface area contributed by atoms with Crippen molar-refractivity contribution in [2.45, 2.75) is 72.3 Å². The average molecular weight is 275 g/mol. The smallest absolute Gasteiger partial charge is 0.0136 e. The molecule has 1 heterocycles. The van der Waals surface area contributed by atoms with Crippen LogP contribution in [0.3, 0.4) is 0 Å². The molecular formula is C19H33N. The summed E-state index contributed by atoms with van der Waals surface area (Å²) < 4.78 is 0. The molecule has 0 saturated carbocycles. The molecule has 0 spiro atoms. The van der Waals surface area contributed by atoms with Crippen LogP contribution in [0.25, 0.3) is 0 Å². The Balaban J connectivity index is 0.000000956. The van der Waals surface area contributed by atoms with Crippen molar-refractivity contribution in [3.8, 4) is 0 Å². The van der Waals surface area contributed by atoms with E-state index in [9.17, 15) is 0 Å². The van der Waals surface area contributed by atoms with Gasteiger partial charge in [0.25, 0.3) is 0 Å². The summed E-state index contributed by atoms with van der Waals surface area (Å²) in [6.45, 7) is 11.2. The third-order valence-electron chi connectivity index (χ3n) is 4.25. The number of likely N-dealkylation sites (tertiary alicyclic amines) is 1. The van der Waals surface area contributed by atoms with E-state index >= 15 is 0 Å². The third kappa shape index (κ3) is 5.28. The molecule has 1 nitrogen and oxygen atoms in total. The highest BCUT2D eigenvalue weighted by Crippen LogP contribution is 2.20. The molecule has 1 aliphatic heterocycles. The number of hydrogen-bond donors (Lipinski definition) is 0. The van der Waals surface area contributed by atoms with E-state index in [0.29, 0.717) is 0 Å². The predicted octanol–water partition coefficient (Wildman–Crippen LogP) is 5.22. The van der Waals surface area contributed by atoms with E-state index < -0.39 is 0 Å². The van der Waals surface area contributed by atoms with E-state index in [1.807, 2.05) is 13.8 Å². The van der Waals surface area contributed by atoms with Crippen LogP contribution >= 0.6 is 0 Å². The van der Waals surface area contributed by atoms with E-state index in [2.05, 4.69) is 43.0 Å². The van der Waals surface area contributed by atoms with Gasteiger partial charge in [-0.2, -0.15) is 0 Å². The van der Waals surface area contributed by atoms with Gasteiger partial charge in [0.15, 0.2) is 0 Å². The SMILES string of the molecule is CC.CCCC(Cc1ccccc1C)N1CCCCC1. The second-order valence-corrected chi connectivity index (χ2v) is 5.67. The Labute approximate surface area is 126 Å². The molecule has 0 amide bonds. The van der Waals surface area contributed by atoms with Crippen LogP contribution in [0.4, 0.5) is 0 Å². The van der Waals surface area contributed by atoms with Gasteiger partial charge in [-0.05, 0) is 56.8 Å². The van der Waals surface area contributed by atoms with Crippen molar-refractivity contribution < 1.29 is 0 Å². The highest BCUT2D eigenvalue weighted by atomic mass is 15.2. The Morgan fingerprint density at radius 1 is 1.05 bits per heavy atom. The molecule has 1 aromatic rings. The normalized spacial score (nSPS) is 17.2. The van der Waals surface area contributed by atoms with Crippen molar-refractivity contribution in [3.63, 3.8) is 0 Å². The van der Waals surface area contributed by atoms with Crippen LogP contribution in [-0.2, 0) is 6.42 Å². The van der Waals surface area contributed by atoms with Crippen molar-refractivity contribution >= 4 is 0 Å². The van der Waals surface area contributed by atoms with Gasteiger partial charge in [0, 0.05) is 6.04 Å². The van der Waals surface area contributed by atoms with Crippen LogP contribution in [-0.4, -0.2) is 24.0 Å². The van der Waals surface area contributed by atoms with E-state index in [-0.39, 0.29) is 0 Å². The van der Waals surface area contributed by atoms with Gasteiger partial charge in [0.05, 0.1) is 0 Å². The Hall–Kier alpha value is -0.820. The van der Waals surface area contributed by atoms with Crippen molar-refractivity contribution in [2.75, 3.05) is 13.1 Å². The molecule has 20 heavy (non-hydrogen) atoms. The zero-order valence-electron chi connectivity index (χ0n) is 14.0. The summed E-state index contributed by atoms with van der Waals surface area (Å²) in [6.07, 6.45) is 8.10. The van der Waals surface area contributed by atoms with Gasteiger partial charge < -0.3 is 4.90 Å². The first kappa shape index (κ1) is 17.2. The maximum Gasteiger partial charge on any atom is 0.0136 e. The lowest BCUT2D eigenvalue weighted by atomic mass is 9.95. The lowest BCUT2D eigenvalue weighted by molar-refractivity contribution is 0.153. The molecule has 114 valence electrons. The molecule has 0 aromatic heterocycles. The van der Waals surface area contributed by atoms with Crippen molar-refractivity contribution in [2.24, 2.45) is 0 Å². The Morgan fingerprint density at radius 2 is 1.70 bits per heavy atom. The van der Waals surface area contributed by atoms with Crippen LogP contribution in [0.15, 0.2) is 24.3 Å². The maximum atomic E-state index is 2.74. The lowest BCUT2D eigenvalue weighted by Crippen LogP contribution is -2.40. The second-order valence-electron chi connectivity index (χ2n) is 5.67. The average Bonchev–Trinajstić information content (AvgIpc) is 2.52. The van der Waals surface area contributed by atoms with Gasteiger partial charge in [-0.25, -0.2) is 0 Å². The number of benzene rings is 1. The number of piperidine rings is 1. The van der Waals surface area contributed by atoms with Gasteiger partial charge in [0.1, 0.15) is 0 Å². The molecule has 0 bridgehead atoms. The fraction of sp³-hybridized carbons (Fsp3) is 0.684. The summed E-state index contributed by atoms with van der Waals surface area (Å²) >= 11 is 0. The van der Waals surface area contributed by atoms with E-state index in [4.69, 9.17) is 0 Å². The summed E-state index contributed by atoms with van der Waals surface area (Å²) in [5, 5.41) is 0. The van der Waals surface area contributed by atoms with E-state index in [1.165, 1.54) is 57.2 Å². The molecular weight excluding hydrogens is 242 g/mol. The van der Waals surface area contributed by atoms with Crippen LogP contribution in [0.5, 0.6) is 0 Å². The zero-order chi connectivity index (χ0) is 14.8. The monoisotopic (exact) mass is 275 g/mol. The number of rotatable bonds is 5. The van der Waals surface area contributed by atoms with Crippen molar-refractivity contribution in [1.82, 2.24) is 4.90 Å². The first-order valence-electron chi connectivity index (χ1n) is 8.60. The van der Waals surface area contributed by atoms with Crippen LogP contribution in [0, 0.1) is 6.92 Å². The quantitative estimate of drug-likeness (QED) is 0.712. The van der Waals surface area contributed by atoms with E-state index in [0.717, 1.165) is 6.04 Å². The minimum absolute atomic E-state index is 0.761. The Bertz CT molecular complexity index is 353. The molecule has 0 radical (unpaired) electrons. The first-order chi connectivity index (χ1) is 9.81. The minimum Gasteiger partial charge on any atom is -0.300 e. The topological polar surface area (TPSA) is 3.24 Å². The summed E-state index contributed by atoms with van der Waals surface area (Å²) in [5.41, 5.74) is 3.00. The summed E-state index contributed by atoms with van der Waals surface area (Å²) in [7, 11) is 0. The molecule has 2 rings (SSSR count). The molecule has 1 aliphatic rings. The minimum atomic E-state index is 0.761. The van der Waals surface area contributed by atoms with Crippen LogP contribution in [0.1, 0.15) is 64.0 Å². The Morgan fingerprint density at radius 3 is 2.30 bits per heavy atom. The lowest BCUT2D eigenvalue weighted by Gasteiger charge is -2.35. The zero-order valence-corrected chi connectivity index (χ0v) is 14.0. The number of aryl methyl sites for hydroxylation is 1. The summed E-state index contributed by atoms with van der Waals surface area (Å²) in [6, 6.07) is 9.64. The number of nitrogens with zero attached hydrogens (tertiary/aromatic N) is 1. The highest BCUT2D eigenvalue weighted by molar-refractivity contribution is 5.26. The molecule has 1 aromatic carbocycles. The molecule has 1 fully saturated rings. The largest absolute Gasteiger partial charge is 0.300 e. The molecule has 1 saturated heterocycles. The van der Waals surface area contributed by atoms with Gasteiger partial charge in [-0.1, -0.05) is 57.9 Å². The molecule has 1 heteroatoms. The van der Waals surface area contributed by atoms with E-state index in [1.54, 1.807) is 5.56 Å². The van der Waals surface area contributed by atoms with Crippen molar-refractivity contribution in [3.05, 3.63) is 35.4 Å². The first-order valence-corrected chi connectivity index (χ1v) is 8.60.